The number of amides is 2. The molecule has 0 aliphatic rings. The lowest BCUT2D eigenvalue weighted by molar-refractivity contribution is -0.121. The lowest BCUT2D eigenvalue weighted by Crippen LogP contribution is -2.34. The van der Waals surface area contributed by atoms with Gasteiger partial charge in [-0.1, -0.05) is 0 Å². The summed E-state index contributed by atoms with van der Waals surface area (Å²) in [6.07, 6.45) is -0.741. The Kier molecular flexibility index (Phi) is 7.65. The van der Waals surface area contributed by atoms with Crippen LogP contribution in [-0.2, 0) is 18.7 Å². The first-order valence-corrected chi connectivity index (χ1v) is 9.61. The molecule has 0 saturated carbocycles. The van der Waals surface area contributed by atoms with Crippen molar-refractivity contribution >= 4 is 50.2 Å². The topological polar surface area (TPSA) is 196 Å². The molecule has 10 nitrogen and oxygen atoms in total. The number of hydrogen-bond acceptors (Lipinski definition) is 4. The highest BCUT2D eigenvalue weighted by Gasteiger charge is 2.25. The molecule has 0 aliphatic carbocycles. The third-order valence-corrected chi connectivity index (χ3v) is 4.00. The molecule has 2 unspecified atom stereocenters. The Labute approximate surface area is 125 Å². The third kappa shape index (κ3) is 10.6. The van der Waals surface area contributed by atoms with Gasteiger partial charge in [0.25, 0.3) is 15.2 Å². The fourth-order valence-electron chi connectivity index (χ4n) is 1.09. The molecular weight excluding hydrogens is 353 g/mol. The quantitative estimate of drug-likeness (QED) is 0.249. The molecule has 0 radical (unpaired) electrons. The molecule has 14 heteroatoms. The number of hydrogen-bond donors (Lipinski definition) is 6. The van der Waals surface area contributed by atoms with Crippen LogP contribution in [0.1, 0.15) is 12.8 Å². The maximum Gasteiger partial charge on any atom is 0.300 e. The largest absolute Gasteiger partial charge is 0.300 e. The van der Waals surface area contributed by atoms with Crippen molar-refractivity contribution in [2.45, 2.75) is 23.6 Å². The Morgan fingerprint density at radius 2 is 1.10 bits per heavy atom. The van der Waals surface area contributed by atoms with E-state index < -0.39 is 37.8 Å². The van der Waals surface area contributed by atoms with Crippen LogP contribution < -0.4 is 32.2 Å². The molecule has 0 rings (SSSR count). The van der Waals surface area contributed by atoms with Crippen LogP contribution in [0.2, 0.25) is 0 Å². The Bertz CT molecular complexity index is 422. The van der Waals surface area contributed by atoms with Gasteiger partial charge in [0.05, 0.1) is 10.8 Å². The van der Waals surface area contributed by atoms with Gasteiger partial charge in [-0.3, -0.25) is 50.9 Å². The van der Waals surface area contributed by atoms with E-state index in [0.717, 1.165) is 0 Å². The fourth-order valence-corrected chi connectivity index (χ4v) is 2.51. The molecule has 0 fully saturated rings. The number of nitrogens with one attached hydrogen (secondary N) is 2. The third-order valence-electron chi connectivity index (χ3n) is 1.75. The molecule has 2 amide bonds. The molecule has 10 N–H and O–H groups in total. The van der Waals surface area contributed by atoms with Crippen LogP contribution in [0.3, 0.4) is 0 Å². The minimum absolute atomic E-state index is 0.371. The molecule has 0 aromatic heterocycles. The standard InChI is InChI=1S/C6H16Cl2N6O4P2/c7-3(1-5(15)13-19(9,10)17)4(8)2-6(16)14-20(11,12)18/h3-4H,1-2H2,(H5,9,10,13,15,17)(H5,11,12,14,16,18). The second-order valence-corrected chi connectivity index (χ2v) is 8.33. The Morgan fingerprint density at radius 1 is 0.850 bits per heavy atom. The van der Waals surface area contributed by atoms with E-state index in [1.165, 1.54) is 0 Å². The van der Waals surface area contributed by atoms with E-state index in [0.29, 0.717) is 0 Å². The normalized spacial score (nSPS) is 15.3. The summed E-state index contributed by atoms with van der Waals surface area (Å²) in [5.41, 5.74) is 19.8. The van der Waals surface area contributed by atoms with Crippen molar-refractivity contribution in [3.8, 4) is 0 Å². The molecule has 0 heterocycles. The van der Waals surface area contributed by atoms with E-state index in [4.69, 9.17) is 45.2 Å². The van der Waals surface area contributed by atoms with E-state index in [-0.39, 0.29) is 12.8 Å². The molecule has 0 bridgehead atoms. The minimum atomic E-state index is -3.71. The molecule has 0 aromatic rings. The number of carbonyl (C=O) groups excluding carboxylic acids is 2. The van der Waals surface area contributed by atoms with E-state index in [1.807, 2.05) is 10.2 Å². The van der Waals surface area contributed by atoms with Crippen molar-refractivity contribution in [1.82, 2.24) is 10.2 Å². The smallest absolute Gasteiger partial charge is 0.283 e. The van der Waals surface area contributed by atoms with Gasteiger partial charge >= 0.3 is 0 Å². The highest BCUT2D eigenvalue weighted by Crippen LogP contribution is 2.23. The maximum atomic E-state index is 11.3. The Hall–Kier alpha value is -0.180. The van der Waals surface area contributed by atoms with Gasteiger partial charge in [0.1, 0.15) is 0 Å². The summed E-state index contributed by atoms with van der Waals surface area (Å²) in [5.74, 6) is -1.57. The Morgan fingerprint density at radius 3 is 1.30 bits per heavy atom. The summed E-state index contributed by atoms with van der Waals surface area (Å²) < 4.78 is 21.9. The molecule has 2 atom stereocenters. The number of alkyl halides is 2. The summed E-state index contributed by atoms with van der Waals surface area (Å²) in [7, 11) is -7.43. The van der Waals surface area contributed by atoms with Gasteiger partial charge in [-0.05, 0) is 0 Å². The Balaban J connectivity index is 4.32. The SMILES string of the molecule is NP(N)(=O)NC(=O)CC(Cl)C(Cl)CC(=O)NP(N)(N)=O. The minimum Gasteiger partial charge on any atom is -0.283 e. The lowest BCUT2D eigenvalue weighted by atomic mass is 10.1. The first kappa shape index (κ1) is 19.8. The van der Waals surface area contributed by atoms with E-state index in [2.05, 4.69) is 0 Å². The van der Waals surface area contributed by atoms with Crippen LogP contribution in [0.4, 0.5) is 0 Å². The highest BCUT2D eigenvalue weighted by molar-refractivity contribution is 7.57. The van der Waals surface area contributed by atoms with Gasteiger partial charge in [-0.15, -0.1) is 23.2 Å². The lowest BCUT2D eigenvalue weighted by Gasteiger charge is -2.17. The van der Waals surface area contributed by atoms with Crippen molar-refractivity contribution < 1.29 is 18.7 Å². The van der Waals surface area contributed by atoms with Gasteiger partial charge in [-0.25, -0.2) is 0 Å². The van der Waals surface area contributed by atoms with Crippen molar-refractivity contribution in [2.24, 2.45) is 22.0 Å². The molecule has 0 spiro atoms. The zero-order valence-electron chi connectivity index (χ0n) is 10.2. The number of halogens is 2. The number of carbonyl (C=O) groups is 2. The first-order valence-electron chi connectivity index (χ1n) is 5.05. The van der Waals surface area contributed by atoms with E-state index in [9.17, 15) is 18.7 Å². The summed E-state index contributed by atoms with van der Waals surface area (Å²) >= 11 is 11.6. The van der Waals surface area contributed by atoms with Crippen molar-refractivity contribution in [3.05, 3.63) is 0 Å². The molecule has 0 aromatic carbocycles. The maximum absolute atomic E-state index is 11.3. The summed E-state index contributed by atoms with van der Waals surface area (Å²) in [6.45, 7) is 0. The van der Waals surface area contributed by atoms with Crippen LogP contribution in [0, 0.1) is 0 Å². The number of rotatable bonds is 7. The zero-order valence-corrected chi connectivity index (χ0v) is 13.5. The van der Waals surface area contributed by atoms with Crippen LogP contribution >= 0.6 is 38.4 Å². The average Bonchev–Trinajstić information content (AvgIpc) is 2.10. The van der Waals surface area contributed by atoms with Crippen LogP contribution in [-0.4, -0.2) is 22.6 Å². The first-order chi connectivity index (χ1) is 8.80. The molecular formula is C6H16Cl2N6O4P2. The molecule has 118 valence electrons. The molecule has 0 aliphatic heterocycles. The number of nitrogens with two attached hydrogens (primary N) is 4. The monoisotopic (exact) mass is 368 g/mol. The van der Waals surface area contributed by atoms with E-state index in [1.54, 1.807) is 0 Å². The molecule has 20 heavy (non-hydrogen) atoms. The highest BCUT2D eigenvalue weighted by atomic mass is 35.5. The zero-order chi connectivity index (χ0) is 16.1. The fraction of sp³-hybridized carbons (Fsp3) is 0.667. The van der Waals surface area contributed by atoms with Gasteiger partial charge in [0.2, 0.25) is 11.8 Å². The second kappa shape index (κ2) is 7.72. The molecule has 0 saturated heterocycles. The van der Waals surface area contributed by atoms with Gasteiger partial charge in [-0.2, -0.15) is 0 Å². The van der Waals surface area contributed by atoms with E-state index >= 15 is 0 Å². The van der Waals surface area contributed by atoms with Gasteiger partial charge in [0.15, 0.2) is 0 Å². The van der Waals surface area contributed by atoms with Crippen LogP contribution in [0.15, 0.2) is 0 Å². The predicted molar refractivity (Wildman–Crippen MR) is 76.8 cm³/mol. The van der Waals surface area contributed by atoms with Gasteiger partial charge in [0, 0.05) is 12.8 Å². The van der Waals surface area contributed by atoms with Gasteiger partial charge < -0.3 is 0 Å². The summed E-state index contributed by atoms with van der Waals surface area (Å²) in [6, 6.07) is 0. The van der Waals surface area contributed by atoms with Crippen LogP contribution in [0.25, 0.3) is 0 Å². The van der Waals surface area contributed by atoms with Crippen molar-refractivity contribution in [3.63, 3.8) is 0 Å². The second-order valence-electron chi connectivity index (χ2n) is 3.93. The summed E-state index contributed by atoms with van der Waals surface area (Å²) in [4.78, 5) is 22.6. The predicted octanol–water partition coefficient (Wildman–Crippen LogP) is -0.735. The van der Waals surface area contributed by atoms with Crippen LogP contribution in [0.5, 0.6) is 0 Å². The summed E-state index contributed by atoms with van der Waals surface area (Å²) in [5, 5.41) is 1.72. The van der Waals surface area contributed by atoms with Crippen molar-refractivity contribution in [2.75, 3.05) is 0 Å². The van der Waals surface area contributed by atoms with Crippen molar-refractivity contribution in [1.29, 1.82) is 0 Å². The average molecular weight is 369 g/mol.